The average molecular weight is 623 g/mol. The first-order valence-corrected chi connectivity index (χ1v) is 18.2. The molecule has 0 radical (unpaired) electrons. The number of benzene rings is 1. The molecule has 2 heterocycles. The van der Waals surface area contributed by atoms with Crippen molar-refractivity contribution in [3.8, 4) is 0 Å². The number of carbonyl (C=O) groups excluding carboxylic acids is 1. The molecule has 248 valence electrons. The Balaban J connectivity index is 0.921. The molecule has 2 spiro atoms. The number of hydrogen-bond acceptors (Lipinski definition) is 5. The smallest absolute Gasteiger partial charge is 0.209 e. The quantitative estimate of drug-likeness (QED) is 0.346. The van der Waals surface area contributed by atoms with Crippen LogP contribution in [0.1, 0.15) is 96.1 Å². The Morgan fingerprint density at radius 2 is 1.87 bits per heavy atom. The molecule has 7 aliphatic rings. The zero-order valence-electron chi connectivity index (χ0n) is 28.0. The van der Waals surface area contributed by atoms with Crippen LogP contribution in [0.2, 0.25) is 0 Å². The second-order valence-corrected chi connectivity index (χ2v) is 17.2. The van der Waals surface area contributed by atoms with Crippen molar-refractivity contribution in [1.82, 2.24) is 10.2 Å². The molecular weight excluding hydrogens is 567 g/mol. The first kappa shape index (κ1) is 30.8. The third kappa shape index (κ3) is 4.79. The summed E-state index contributed by atoms with van der Waals surface area (Å²) in [4.78, 5) is 13.2. The number of nitrogens with one attached hydrogen (secondary N) is 1. The lowest BCUT2D eigenvalue weighted by Gasteiger charge is -2.60. The number of carbonyl (C=O) groups is 1. The summed E-state index contributed by atoms with van der Waals surface area (Å²) in [7, 11) is 0. The lowest BCUT2D eigenvalue weighted by atomic mass is 9.46. The first-order valence-electron chi connectivity index (χ1n) is 18.2. The summed E-state index contributed by atoms with van der Waals surface area (Å²) in [6.45, 7) is 12.9. The molecule has 1 amide bonds. The fourth-order valence-electron chi connectivity index (χ4n) is 13.0. The van der Waals surface area contributed by atoms with Gasteiger partial charge >= 0.3 is 0 Å². The summed E-state index contributed by atoms with van der Waals surface area (Å²) in [5, 5.41) is 3.58. The summed E-state index contributed by atoms with van der Waals surface area (Å²) in [5.74, 6) is 2.86. The van der Waals surface area contributed by atoms with Crippen molar-refractivity contribution < 1.29 is 23.4 Å². The Morgan fingerprint density at radius 3 is 2.69 bits per heavy atom. The molecule has 5 saturated carbocycles. The fraction of sp³-hybridized carbons (Fsp3) is 0.816. The van der Waals surface area contributed by atoms with Crippen molar-refractivity contribution in [2.45, 2.75) is 123 Å². The van der Waals surface area contributed by atoms with Crippen LogP contribution in [-0.4, -0.2) is 62.2 Å². The maximum Gasteiger partial charge on any atom is 0.209 e. The molecule has 5 aliphatic carbocycles. The Kier molecular flexibility index (Phi) is 7.52. The van der Waals surface area contributed by atoms with Gasteiger partial charge in [-0.2, -0.15) is 0 Å². The highest BCUT2D eigenvalue weighted by Gasteiger charge is 2.80. The van der Waals surface area contributed by atoms with E-state index in [1.54, 1.807) is 17.0 Å². The van der Waals surface area contributed by atoms with E-state index >= 15 is 0 Å². The van der Waals surface area contributed by atoms with Gasteiger partial charge in [0.25, 0.3) is 0 Å². The van der Waals surface area contributed by atoms with E-state index in [-0.39, 0.29) is 29.7 Å². The van der Waals surface area contributed by atoms with E-state index in [0.717, 1.165) is 48.8 Å². The lowest BCUT2D eigenvalue weighted by Crippen LogP contribution is -2.56. The minimum absolute atomic E-state index is 0.109. The third-order valence-corrected chi connectivity index (χ3v) is 14.9. The van der Waals surface area contributed by atoms with Crippen LogP contribution in [0, 0.1) is 58.1 Å². The highest BCUT2D eigenvalue weighted by Crippen LogP contribution is 2.87. The van der Waals surface area contributed by atoms with Gasteiger partial charge in [-0.15, -0.1) is 0 Å². The number of morpholine rings is 1. The summed E-state index contributed by atoms with van der Waals surface area (Å²) in [6, 6.07) is 5.30. The van der Waals surface area contributed by atoms with Gasteiger partial charge < -0.3 is 24.4 Å². The molecule has 2 saturated heterocycles. The van der Waals surface area contributed by atoms with Crippen LogP contribution in [0.15, 0.2) is 18.2 Å². The summed E-state index contributed by atoms with van der Waals surface area (Å²) >= 11 is 0. The number of halogens is 1. The van der Waals surface area contributed by atoms with Crippen molar-refractivity contribution in [2.75, 3.05) is 26.2 Å². The van der Waals surface area contributed by atoms with E-state index in [9.17, 15) is 9.18 Å². The molecule has 0 aromatic heterocycles. The number of hydrogen-bond donors (Lipinski definition) is 1. The van der Waals surface area contributed by atoms with Gasteiger partial charge in [-0.25, -0.2) is 4.39 Å². The van der Waals surface area contributed by atoms with E-state index in [1.165, 1.54) is 51.4 Å². The molecule has 0 bridgehead atoms. The van der Waals surface area contributed by atoms with Gasteiger partial charge in [-0.1, -0.05) is 26.8 Å². The highest BCUT2D eigenvalue weighted by molar-refractivity contribution is 5.47. The number of amides is 1. The fourth-order valence-corrected chi connectivity index (χ4v) is 13.0. The van der Waals surface area contributed by atoms with Gasteiger partial charge in [0.2, 0.25) is 6.41 Å². The van der Waals surface area contributed by atoms with Crippen molar-refractivity contribution in [2.24, 2.45) is 45.3 Å². The van der Waals surface area contributed by atoms with Gasteiger partial charge in [0.05, 0.1) is 31.5 Å². The minimum Gasteiger partial charge on any atom is -0.373 e. The molecule has 1 aromatic rings. The predicted octanol–water partition coefficient (Wildman–Crippen LogP) is 6.63. The number of fused-ring (bicyclic) bond motifs is 4. The molecule has 7 fully saturated rings. The highest BCUT2D eigenvalue weighted by atomic mass is 19.1. The Labute approximate surface area is 269 Å². The molecular formula is C38H55FN2O4. The van der Waals surface area contributed by atoms with Crippen LogP contribution in [0.5, 0.6) is 0 Å². The Hall–Kier alpha value is -1.54. The largest absolute Gasteiger partial charge is 0.373 e. The second kappa shape index (κ2) is 11.0. The van der Waals surface area contributed by atoms with E-state index in [4.69, 9.17) is 14.2 Å². The van der Waals surface area contributed by atoms with Crippen molar-refractivity contribution in [3.05, 3.63) is 35.1 Å². The monoisotopic (exact) mass is 622 g/mol. The predicted molar refractivity (Wildman–Crippen MR) is 171 cm³/mol. The van der Waals surface area contributed by atoms with Crippen molar-refractivity contribution in [1.29, 1.82) is 0 Å². The molecule has 8 rings (SSSR count). The minimum atomic E-state index is -0.298. The molecule has 7 heteroatoms. The maximum absolute atomic E-state index is 13.9. The summed E-state index contributed by atoms with van der Waals surface area (Å²) in [6.07, 6.45) is 14.4. The van der Waals surface area contributed by atoms with Crippen LogP contribution >= 0.6 is 0 Å². The molecule has 1 aromatic carbocycles. The standard InChI is InChI=1S/C38H55FN2O4/c1-24-15-25(17-26(39)16-24)19-40-20-27-5-6-29-31(44-27)18-30-28-7-8-32-35(2,3)33(45-34-21-41(23-42)13-14-43-34)9-10-38(32)22-37(28,38)12-11-36(29,30)4/h15-17,23,27-34,40H,5-14,18-22H2,1-4H3. The average Bonchev–Trinajstić information content (AvgIpc) is 3.58. The Bertz CT molecular complexity index is 1290. The van der Waals surface area contributed by atoms with Gasteiger partial charge in [-0.3, -0.25) is 4.79 Å². The molecule has 6 nitrogen and oxygen atoms in total. The molecule has 2 aliphatic heterocycles. The van der Waals surface area contributed by atoms with Gasteiger partial charge in [-0.05, 0) is 140 Å². The van der Waals surface area contributed by atoms with Crippen LogP contribution in [-0.2, 0) is 25.5 Å². The zero-order chi connectivity index (χ0) is 31.2. The number of rotatable bonds is 7. The molecule has 11 atom stereocenters. The van der Waals surface area contributed by atoms with Crippen LogP contribution < -0.4 is 5.32 Å². The first-order chi connectivity index (χ1) is 21.6. The van der Waals surface area contributed by atoms with Crippen LogP contribution in [0.3, 0.4) is 0 Å². The summed E-state index contributed by atoms with van der Waals surface area (Å²) < 4.78 is 33.5. The second-order valence-electron chi connectivity index (χ2n) is 17.2. The normalized spacial score (nSPS) is 46.3. The molecule has 45 heavy (non-hydrogen) atoms. The van der Waals surface area contributed by atoms with Crippen molar-refractivity contribution >= 4 is 6.41 Å². The van der Waals surface area contributed by atoms with Crippen LogP contribution in [0.4, 0.5) is 4.39 Å². The molecule has 1 N–H and O–H groups in total. The van der Waals surface area contributed by atoms with Gasteiger partial charge in [0, 0.05) is 19.6 Å². The van der Waals surface area contributed by atoms with E-state index in [0.29, 0.717) is 60.4 Å². The third-order valence-electron chi connectivity index (χ3n) is 14.9. The van der Waals surface area contributed by atoms with Crippen LogP contribution in [0.25, 0.3) is 0 Å². The SMILES string of the molecule is Cc1cc(F)cc(CNCC2CCC3C(CC4C5CCC6C(C)(C)C(OC7CN(C=O)CCO7)CCC67CC57CCC34C)O2)c1. The topological polar surface area (TPSA) is 60.0 Å². The zero-order valence-corrected chi connectivity index (χ0v) is 28.0. The van der Waals surface area contributed by atoms with E-state index in [1.807, 2.05) is 6.92 Å². The van der Waals surface area contributed by atoms with Crippen molar-refractivity contribution in [3.63, 3.8) is 0 Å². The van der Waals surface area contributed by atoms with E-state index in [2.05, 4.69) is 32.2 Å². The number of nitrogens with zero attached hydrogens (tertiary/aromatic N) is 1. The molecule has 11 unspecified atom stereocenters. The Morgan fingerprint density at radius 1 is 1.02 bits per heavy atom. The van der Waals surface area contributed by atoms with Gasteiger partial charge in [0.1, 0.15) is 5.82 Å². The summed E-state index contributed by atoms with van der Waals surface area (Å²) in [5.41, 5.74) is 3.51. The van der Waals surface area contributed by atoms with Gasteiger partial charge in [0.15, 0.2) is 6.29 Å². The maximum atomic E-state index is 13.9. The van der Waals surface area contributed by atoms with E-state index < -0.39 is 0 Å². The number of aryl methyl sites for hydroxylation is 1. The lowest BCUT2D eigenvalue weighted by molar-refractivity contribution is -0.243. The number of ether oxygens (including phenoxy) is 3.